The number of nitrogens with zero attached hydrogens (tertiary/aromatic N) is 3. The maximum Gasteiger partial charge on any atom is 0.169 e. The van der Waals surface area contributed by atoms with Crippen molar-refractivity contribution in [3.05, 3.63) is 77.2 Å². The molecule has 0 amide bonds. The van der Waals surface area contributed by atoms with Crippen molar-refractivity contribution in [1.29, 1.82) is 5.26 Å². The second kappa shape index (κ2) is 11.8. The molecule has 0 bridgehead atoms. The lowest BCUT2D eigenvalue weighted by molar-refractivity contribution is 0.587. The molecule has 166 valence electrons. The maximum absolute atomic E-state index is 9.53. The molecule has 1 heterocycles. The molecule has 0 unspecified atom stereocenters. The van der Waals surface area contributed by atoms with Crippen LogP contribution in [0.4, 0.5) is 17.2 Å². The second-order valence-electron chi connectivity index (χ2n) is 8.05. The third-order valence-corrected chi connectivity index (χ3v) is 5.53. The highest BCUT2D eigenvalue weighted by molar-refractivity contribution is 7.80. The molecular formula is C27H27N5S. The number of terminal acetylenes is 1. The van der Waals surface area contributed by atoms with E-state index in [2.05, 4.69) is 71.2 Å². The molecule has 2 N–H and O–H groups in total. The van der Waals surface area contributed by atoms with E-state index in [4.69, 9.17) is 6.42 Å². The van der Waals surface area contributed by atoms with E-state index < -0.39 is 0 Å². The molecular weight excluding hydrogens is 426 g/mol. The van der Waals surface area contributed by atoms with Crippen molar-refractivity contribution in [2.75, 3.05) is 10.6 Å². The third-order valence-electron chi connectivity index (χ3n) is 5.11. The van der Waals surface area contributed by atoms with Crippen molar-refractivity contribution in [3.63, 3.8) is 0 Å². The summed E-state index contributed by atoms with van der Waals surface area (Å²) in [6, 6.07) is 10.5. The van der Waals surface area contributed by atoms with Crippen molar-refractivity contribution < 1.29 is 0 Å². The molecule has 33 heavy (non-hydrogen) atoms. The number of benzene rings is 1. The number of aryl methyl sites for hydroxylation is 1. The van der Waals surface area contributed by atoms with Gasteiger partial charge in [-0.15, -0.1) is 19.1 Å². The highest BCUT2D eigenvalue weighted by Gasteiger charge is 2.13. The lowest BCUT2D eigenvalue weighted by Gasteiger charge is -2.12. The van der Waals surface area contributed by atoms with E-state index in [1.807, 2.05) is 36.4 Å². The van der Waals surface area contributed by atoms with Gasteiger partial charge >= 0.3 is 0 Å². The van der Waals surface area contributed by atoms with Gasteiger partial charge in [0, 0.05) is 29.6 Å². The summed E-state index contributed by atoms with van der Waals surface area (Å²) in [5.41, 5.74) is 4.89. The Bertz CT molecular complexity index is 1190. The van der Waals surface area contributed by atoms with Gasteiger partial charge < -0.3 is 10.6 Å². The molecule has 3 rings (SSSR count). The van der Waals surface area contributed by atoms with Crippen LogP contribution in [0.25, 0.3) is 0 Å². The Labute approximate surface area is 201 Å². The zero-order chi connectivity index (χ0) is 23.6. The summed E-state index contributed by atoms with van der Waals surface area (Å²) in [6.07, 6.45) is 19.1. The van der Waals surface area contributed by atoms with E-state index in [0.717, 1.165) is 23.4 Å². The van der Waals surface area contributed by atoms with Crippen molar-refractivity contribution in [2.45, 2.75) is 38.0 Å². The minimum Gasteiger partial charge on any atom is -0.354 e. The van der Waals surface area contributed by atoms with Gasteiger partial charge in [0.1, 0.15) is 6.07 Å². The molecule has 1 aliphatic rings. The molecule has 0 atom stereocenters. The number of hydrogen-bond donors (Lipinski definition) is 3. The highest BCUT2D eigenvalue weighted by atomic mass is 32.1. The number of nitrogens with one attached hydrogen (secondary N) is 2. The largest absolute Gasteiger partial charge is 0.354 e. The van der Waals surface area contributed by atoms with Gasteiger partial charge in [-0.1, -0.05) is 50.1 Å². The summed E-state index contributed by atoms with van der Waals surface area (Å²) in [4.78, 5) is 9.18. The van der Waals surface area contributed by atoms with Crippen molar-refractivity contribution >= 4 is 36.2 Å². The van der Waals surface area contributed by atoms with Crippen LogP contribution in [0.15, 0.2) is 75.9 Å². The summed E-state index contributed by atoms with van der Waals surface area (Å²) in [5, 5.41) is 16.0. The predicted octanol–water partition coefficient (Wildman–Crippen LogP) is 6.42. The lowest BCUT2D eigenvalue weighted by Crippen LogP contribution is -2.02. The number of aliphatic imine (C=N–C) groups is 1. The molecule has 1 aromatic heterocycles. The van der Waals surface area contributed by atoms with E-state index in [-0.39, 0.29) is 0 Å². The van der Waals surface area contributed by atoms with Crippen LogP contribution >= 0.6 is 12.6 Å². The summed E-state index contributed by atoms with van der Waals surface area (Å²) < 4.78 is 0. The van der Waals surface area contributed by atoms with Crippen LogP contribution in [-0.4, -0.2) is 11.3 Å². The van der Waals surface area contributed by atoms with Crippen LogP contribution in [0.3, 0.4) is 0 Å². The number of pyridine rings is 1. The topological polar surface area (TPSA) is 73.1 Å². The van der Waals surface area contributed by atoms with Gasteiger partial charge in [-0.3, -0.25) is 0 Å². The van der Waals surface area contributed by atoms with E-state index in [1.165, 1.54) is 18.2 Å². The number of nitriles is 1. The van der Waals surface area contributed by atoms with Crippen molar-refractivity contribution in [1.82, 2.24) is 4.98 Å². The number of allylic oxidation sites excluding steroid dienone is 5. The van der Waals surface area contributed by atoms with Crippen LogP contribution in [0, 0.1) is 29.6 Å². The van der Waals surface area contributed by atoms with Gasteiger partial charge in [0.15, 0.2) is 5.82 Å². The molecule has 0 radical (unpaired) electrons. The number of aromatic nitrogens is 1. The van der Waals surface area contributed by atoms with Gasteiger partial charge in [-0.05, 0) is 42.5 Å². The molecule has 6 heteroatoms. The van der Waals surface area contributed by atoms with Crippen molar-refractivity contribution in [2.24, 2.45) is 10.9 Å². The summed E-state index contributed by atoms with van der Waals surface area (Å²) in [7, 11) is 0. The van der Waals surface area contributed by atoms with Crippen LogP contribution in [0.5, 0.6) is 0 Å². The Morgan fingerprint density at radius 3 is 2.79 bits per heavy atom. The van der Waals surface area contributed by atoms with E-state index in [0.29, 0.717) is 34.3 Å². The molecule has 2 aromatic rings. The van der Waals surface area contributed by atoms with Gasteiger partial charge in [0.05, 0.1) is 22.5 Å². The normalized spacial score (nSPS) is 13.2. The first-order valence-electron chi connectivity index (χ1n) is 10.8. The fraction of sp³-hybridized carbons (Fsp3) is 0.222. The minimum atomic E-state index is 0.382. The van der Waals surface area contributed by atoms with Crippen LogP contribution < -0.4 is 10.6 Å². The Balaban J connectivity index is 1.72. The van der Waals surface area contributed by atoms with Crippen LogP contribution in [0.1, 0.15) is 37.8 Å². The molecule has 0 saturated heterocycles. The average Bonchev–Trinajstić information content (AvgIpc) is 3.06. The zero-order valence-corrected chi connectivity index (χ0v) is 19.7. The number of thiol groups is 1. The van der Waals surface area contributed by atoms with E-state index >= 15 is 0 Å². The smallest absolute Gasteiger partial charge is 0.169 e. The predicted molar refractivity (Wildman–Crippen MR) is 140 cm³/mol. The molecule has 5 nitrogen and oxygen atoms in total. The van der Waals surface area contributed by atoms with E-state index in [9.17, 15) is 5.26 Å². The Hall–Kier alpha value is -3.74. The number of rotatable bonds is 8. The number of hydrogen-bond acceptors (Lipinski definition) is 5. The Morgan fingerprint density at radius 2 is 2.09 bits per heavy atom. The molecule has 1 aliphatic carbocycles. The van der Waals surface area contributed by atoms with Gasteiger partial charge in [0.25, 0.3) is 0 Å². The van der Waals surface area contributed by atoms with E-state index in [1.54, 1.807) is 6.34 Å². The van der Waals surface area contributed by atoms with Crippen LogP contribution in [-0.2, 0) is 6.42 Å². The number of anilines is 2. The monoisotopic (exact) mass is 453 g/mol. The summed E-state index contributed by atoms with van der Waals surface area (Å²) in [5.74, 6) is 3.75. The Kier molecular flexibility index (Phi) is 8.52. The Morgan fingerprint density at radius 1 is 1.30 bits per heavy atom. The van der Waals surface area contributed by atoms with Crippen LogP contribution in [0.2, 0.25) is 0 Å². The second-order valence-corrected chi connectivity index (χ2v) is 8.49. The van der Waals surface area contributed by atoms with Gasteiger partial charge in [-0.2, -0.15) is 5.26 Å². The first kappa shape index (κ1) is 23.9. The fourth-order valence-electron chi connectivity index (χ4n) is 3.16. The third kappa shape index (κ3) is 6.87. The summed E-state index contributed by atoms with van der Waals surface area (Å²) >= 11 is 4.60. The maximum atomic E-state index is 9.53. The zero-order valence-electron chi connectivity index (χ0n) is 18.8. The van der Waals surface area contributed by atoms with Gasteiger partial charge in [-0.25, -0.2) is 9.98 Å². The lowest BCUT2D eigenvalue weighted by atomic mass is 10.0. The fourth-order valence-corrected chi connectivity index (χ4v) is 3.45. The molecule has 0 spiro atoms. The molecule has 0 saturated carbocycles. The van der Waals surface area contributed by atoms with Gasteiger partial charge in [0.2, 0.25) is 0 Å². The van der Waals surface area contributed by atoms with Crippen molar-refractivity contribution in [3.8, 4) is 18.4 Å². The SMILES string of the molecule is C#CC1=CC=CC(Nc2c(C#N)cnc(N=CNc3ccc(CCC(C)C)cc3)c2S)=CC1. The summed E-state index contributed by atoms with van der Waals surface area (Å²) in [6.45, 7) is 4.47. The quantitative estimate of drug-likeness (QED) is 0.187. The molecule has 0 aliphatic heterocycles. The standard InChI is InChI=1S/C27H27N5S/c1-4-20-6-5-7-24(15-10-20)32-25-22(16-28)17-29-27(26(25)33)31-18-30-23-13-11-21(12-14-23)9-8-19(2)3/h1,5-7,11-15,17-19,33H,8-10H2,2-3H3,(H2,29,30,31,32). The first-order valence-corrected chi connectivity index (χ1v) is 11.3. The first-order chi connectivity index (χ1) is 16.0. The molecule has 1 aromatic carbocycles. The molecule has 0 fully saturated rings. The minimum absolute atomic E-state index is 0.382. The highest BCUT2D eigenvalue weighted by Crippen LogP contribution is 2.32. The average molecular weight is 454 g/mol.